The topological polar surface area (TPSA) is 83.7 Å². The van der Waals surface area contributed by atoms with Crippen LogP contribution < -0.4 is 5.73 Å². The number of nitrogens with zero attached hydrogens (tertiary/aromatic N) is 2. The van der Waals surface area contributed by atoms with Crippen LogP contribution in [0.3, 0.4) is 0 Å². The molecule has 0 unspecified atom stereocenters. The number of hydrogen-bond donors (Lipinski definition) is 1. The lowest BCUT2D eigenvalue weighted by atomic mass is 9.78. The lowest BCUT2D eigenvalue weighted by molar-refractivity contribution is -0.123. The van der Waals surface area contributed by atoms with Crippen molar-refractivity contribution in [1.82, 2.24) is 9.21 Å². The number of piperidine rings is 1. The molecule has 6 nitrogen and oxygen atoms in total. The number of carbonyl (C=O) groups is 1. The third kappa shape index (κ3) is 4.00. The number of carbonyl (C=O) groups excluding carboxylic acids is 1. The molecular formula is C15H29N3O3S. The number of likely N-dealkylation sites (tertiary alicyclic amines) is 1. The second kappa shape index (κ2) is 7.27. The Labute approximate surface area is 134 Å². The van der Waals surface area contributed by atoms with Crippen LogP contribution in [0.2, 0.25) is 0 Å². The molecule has 2 fully saturated rings. The largest absolute Gasteiger partial charge is 0.369 e. The van der Waals surface area contributed by atoms with Gasteiger partial charge in [-0.25, -0.2) is 12.7 Å². The summed E-state index contributed by atoms with van der Waals surface area (Å²) in [5.41, 5.74) is 5.56. The van der Waals surface area contributed by atoms with Gasteiger partial charge in [0.2, 0.25) is 15.9 Å². The van der Waals surface area contributed by atoms with Crippen molar-refractivity contribution in [1.29, 1.82) is 0 Å². The standard InChI is InChI=1S/C15H29N3O3S/c1-3-4-9-22(20,21)18-10-13(14(11-18)15(16)19)12-5-7-17(2)8-6-12/h12-14H,3-11H2,1-2H3,(H2,16,19)/t13-,14+/m0/s1. The van der Waals surface area contributed by atoms with E-state index in [0.717, 1.165) is 32.4 Å². The van der Waals surface area contributed by atoms with Crippen LogP contribution in [-0.2, 0) is 14.8 Å². The summed E-state index contributed by atoms with van der Waals surface area (Å²) in [5.74, 6) is -0.0145. The van der Waals surface area contributed by atoms with Crippen LogP contribution in [-0.4, -0.2) is 62.5 Å². The molecule has 0 aromatic carbocycles. The summed E-state index contributed by atoms with van der Waals surface area (Å²) in [6.45, 7) is 4.74. The fourth-order valence-corrected chi connectivity index (χ4v) is 5.41. The van der Waals surface area contributed by atoms with Gasteiger partial charge in [0.05, 0.1) is 11.7 Å². The van der Waals surface area contributed by atoms with Crippen molar-refractivity contribution in [3.05, 3.63) is 0 Å². The fraction of sp³-hybridized carbons (Fsp3) is 0.933. The average Bonchev–Trinajstić information content (AvgIpc) is 2.92. The minimum absolute atomic E-state index is 0.0857. The monoisotopic (exact) mass is 331 g/mol. The molecule has 7 heteroatoms. The van der Waals surface area contributed by atoms with Gasteiger partial charge in [-0.05, 0) is 51.2 Å². The van der Waals surface area contributed by atoms with E-state index < -0.39 is 10.0 Å². The third-order valence-corrected chi connectivity index (χ3v) is 7.10. The van der Waals surface area contributed by atoms with E-state index in [1.165, 1.54) is 4.31 Å². The first-order valence-corrected chi connectivity index (χ1v) is 9.91. The average molecular weight is 331 g/mol. The van der Waals surface area contributed by atoms with Gasteiger partial charge in [-0.2, -0.15) is 0 Å². The molecule has 2 aliphatic rings. The van der Waals surface area contributed by atoms with E-state index in [1.54, 1.807) is 0 Å². The quantitative estimate of drug-likeness (QED) is 0.768. The molecule has 0 spiro atoms. The third-order valence-electron chi connectivity index (χ3n) is 5.22. The molecule has 1 amide bonds. The van der Waals surface area contributed by atoms with Gasteiger partial charge in [0.25, 0.3) is 0 Å². The highest BCUT2D eigenvalue weighted by Gasteiger charge is 2.44. The van der Waals surface area contributed by atoms with Gasteiger partial charge >= 0.3 is 0 Å². The molecule has 2 N–H and O–H groups in total. The van der Waals surface area contributed by atoms with Gasteiger partial charge in [-0.1, -0.05) is 13.3 Å². The van der Waals surface area contributed by atoms with Crippen molar-refractivity contribution in [2.24, 2.45) is 23.5 Å². The molecule has 128 valence electrons. The van der Waals surface area contributed by atoms with Crippen molar-refractivity contribution < 1.29 is 13.2 Å². The molecule has 2 rings (SSSR count). The zero-order chi connectivity index (χ0) is 16.3. The molecule has 22 heavy (non-hydrogen) atoms. The zero-order valence-electron chi connectivity index (χ0n) is 13.7. The second-order valence-corrected chi connectivity index (χ2v) is 8.89. The van der Waals surface area contributed by atoms with Crippen LogP contribution in [0.15, 0.2) is 0 Å². The molecule has 0 aromatic rings. The first kappa shape index (κ1) is 17.7. The highest BCUT2D eigenvalue weighted by Crippen LogP contribution is 2.36. The van der Waals surface area contributed by atoms with Crippen LogP contribution in [0.1, 0.15) is 32.6 Å². The van der Waals surface area contributed by atoms with Crippen LogP contribution in [0.4, 0.5) is 0 Å². The molecule has 0 radical (unpaired) electrons. The Morgan fingerprint density at radius 1 is 1.23 bits per heavy atom. The number of sulfonamides is 1. The molecule has 2 heterocycles. The Balaban J connectivity index is 2.08. The van der Waals surface area contributed by atoms with Gasteiger partial charge in [0.15, 0.2) is 0 Å². The molecular weight excluding hydrogens is 302 g/mol. The normalized spacial score (nSPS) is 29.0. The SMILES string of the molecule is CCCCS(=O)(=O)N1C[C@@H](C(N)=O)[C@H](C2CCN(C)CC2)C1. The van der Waals surface area contributed by atoms with E-state index in [-0.39, 0.29) is 30.0 Å². The maximum absolute atomic E-state index is 12.4. The molecule has 0 bridgehead atoms. The van der Waals surface area contributed by atoms with Crippen molar-refractivity contribution in [2.45, 2.75) is 32.6 Å². The summed E-state index contributed by atoms with van der Waals surface area (Å²) in [6.07, 6.45) is 3.56. The van der Waals surface area contributed by atoms with Gasteiger partial charge < -0.3 is 10.6 Å². The Morgan fingerprint density at radius 3 is 2.41 bits per heavy atom. The lowest BCUT2D eigenvalue weighted by Gasteiger charge is -2.34. The van der Waals surface area contributed by atoms with Gasteiger partial charge in [0, 0.05) is 13.1 Å². The van der Waals surface area contributed by atoms with Crippen LogP contribution >= 0.6 is 0 Å². The number of unbranched alkanes of at least 4 members (excludes halogenated alkanes) is 1. The summed E-state index contributed by atoms with van der Waals surface area (Å²) in [7, 11) is -1.16. The minimum atomic E-state index is -3.26. The van der Waals surface area contributed by atoms with Gasteiger partial charge in [-0.3, -0.25) is 4.79 Å². The van der Waals surface area contributed by atoms with E-state index >= 15 is 0 Å². The number of hydrogen-bond acceptors (Lipinski definition) is 4. The van der Waals surface area contributed by atoms with Crippen molar-refractivity contribution in [3.8, 4) is 0 Å². The first-order valence-electron chi connectivity index (χ1n) is 8.30. The number of nitrogens with two attached hydrogens (primary N) is 1. The summed E-state index contributed by atoms with van der Waals surface area (Å²) >= 11 is 0. The highest BCUT2D eigenvalue weighted by molar-refractivity contribution is 7.89. The number of primary amides is 1. The highest BCUT2D eigenvalue weighted by atomic mass is 32.2. The Kier molecular flexibility index (Phi) is 5.85. The van der Waals surface area contributed by atoms with E-state index in [0.29, 0.717) is 18.9 Å². The Hall–Kier alpha value is -0.660. The number of rotatable bonds is 6. The van der Waals surface area contributed by atoms with Crippen LogP contribution in [0.25, 0.3) is 0 Å². The molecule has 2 saturated heterocycles. The van der Waals surface area contributed by atoms with E-state index in [1.807, 2.05) is 6.92 Å². The maximum atomic E-state index is 12.4. The van der Waals surface area contributed by atoms with Gasteiger partial charge in [0.1, 0.15) is 0 Å². The van der Waals surface area contributed by atoms with E-state index in [9.17, 15) is 13.2 Å². The second-order valence-electron chi connectivity index (χ2n) is 6.80. The Morgan fingerprint density at radius 2 is 1.86 bits per heavy atom. The predicted molar refractivity (Wildman–Crippen MR) is 86.7 cm³/mol. The smallest absolute Gasteiger partial charge is 0.222 e. The summed E-state index contributed by atoms with van der Waals surface area (Å²) in [4.78, 5) is 14.1. The fourth-order valence-electron chi connectivity index (χ4n) is 3.71. The molecule has 2 atom stereocenters. The lowest BCUT2D eigenvalue weighted by Crippen LogP contribution is -2.38. The Bertz CT molecular complexity index is 486. The molecule has 0 aliphatic carbocycles. The predicted octanol–water partition coefficient (Wildman–Crippen LogP) is 0.491. The summed E-state index contributed by atoms with van der Waals surface area (Å²) < 4.78 is 26.3. The number of amides is 1. The maximum Gasteiger partial charge on any atom is 0.222 e. The van der Waals surface area contributed by atoms with Crippen molar-refractivity contribution in [2.75, 3.05) is 39.0 Å². The first-order chi connectivity index (χ1) is 10.3. The van der Waals surface area contributed by atoms with Gasteiger partial charge in [-0.15, -0.1) is 0 Å². The van der Waals surface area contributed by atoms with Crippen molar-refractivity contribution in [3.63, 3.8) is 0 Å². The van der Waals surface area contributed by atoms with Crippen molar-refractivity contribution >= 4 is 15.9 Å². The molecule has 0 saturated carbocycles. The summed E-state index contributed by atoms with van der Waals surface area (Å²) in [6, 6.07) is 0. The summed E-state index contributed by atoms with van der Waals surface area (Å²) in [5, 5.41) is 0. The molecule has 0 aromatic heterocycles. The molecule has 2 aliphatic heterocycles. The zero-order valence-corrected chi connectivity index (χ0v) is 14.5. The van der Waals surface area contributed by atoms with Crippen LogP contribution in [0, 0.1) is 17.8 Å². The van der Waals surface area contributed by atoms with Crippen LogP contribution in [0.5, 0.6) is 0 Å². The minimum Gasteiger partial charge on any atom is -0.369 e. The van der Waals surface area contributed by atoms with E-state index in [4.69, 9.17) is 5.73 Å². The van der Waals surface area contributed by atoms with E-state index in [2.05, 4.69) is 11.9 Å².